The molecule has 2 unspecified atom stereocenters. The molecule has 2 N–H and O–H groups in total. The van der Waals surface area contributed by atoms with Gasteiger partial charge in [0.15, 0.2) is 5.92 Å². The van der Waals surface area contributed by atoms with E-state index in [0.29, 0.717) is 0 Å². The Morgan fingerprint density at radius 1 is 1.53 bits per heavy atom. The normalized spacial score (nSPS) is 24.6. The fraction of sp³-hybridized carbons (Fsp3) is 0.889. The van der Waals surface area contributed by atoms with Gasteiger partial charge >= 0.3 is 12.1 Å². The van der Waals surface area contributed by atoms with Gasteiger partial charge in [0, 0.05) is 19.6 Å². The van der Waals surface area contributed by atoms with Crippen LogP contribution in [0.5, 0.6) is 0 Å². The maximum atomic E-state index is 12.4. The maximum absolute atomic E-state index is 12.4. The number of hydrogen-bond donors (Lipinski definition) is 2. The Bertz CT molecular complexity index is 271. The maximum Gasteiger partial charge on any atom is 0.403 e. The van der Waals surface area contributed by atoms with Crippen LogP contribution >= 0.6 is 0 Å². The Labute approximate surface area is 95.8 Å². The predicted molar refractivity (Wildman–Crippen MR) is 50.4 cm³/mol. The minimum absolute atomic E-state index is 0.107. The molecule has 100 valence electrons. The summed E-state index contributed by atoms with van der Waals surface area (Å²) in [6.45, 7) is -0.374. The first kappa shape index (κ1) is 14.2. The number of aliphatic hydroxyl groups is 1. The lowest BCUT2D eigenvalue weighted by Crippen LogP contribution is -2.49. The first-order valence-electron chi connectivity index (χ1n) is 5.09. The number of carboxylic acids is 1. The number of carbonyl (C=O) groups is 1. The standard InChI is InChI=1S/C9H14F3NO4/c10-9(11,12)7(8(15)16)4-13-1-2-17-6(3-13)5-14/h6-7,14H,1-5H2,(H,15,16). The zero-order chi connectivity index (χ0) is 13.1. The molecule has 1 saturated heterocycles. The second kappa shape index (κ2) is 5.65. The third-order valence-electron chi connectivity index (χ3n) is 2.56. The highest BCUT2D eigenvalue weighted by atomic mass is 19.4. The van der Waals surface area contributed by atoms with Gasteiger partial charge in [-0.2, -0.15) is 13.2 Å². The van der Waals surface area contributed by atoms with Crippen LogP contribution in [-0.2, 0) is 9.53 Å². The van der Waals surface area contributed by atoms with Crippen molar-refractivity contribution in [2.45, 2.75) is 12.3 Å². The summed E-state index contributed by atoms with van der Waals surface area (Å²) in [5.74, 6) is -4.29. The lowest BCUT2D eigenvalue weighted by atomic mass is 10.1. The van der Waals surface area contributed by atoms with Crippen molar-refractivity contribution >= 4 is 5.97 Å². The summed E-state index contributed by atoms with van der Waals surface area (Å²) in [6.07, 6.45) is -5.31. The number of halogens is 3. The second-order valence-corrected chi connectivity index (χ2v) is 3.87. The first-order valence-corrected chi connectivity index (χ1v) is 5.09. The number of carboxylic acid groups (broad SMARTS) is 1. The van der Waals surface area contributed by atoms with Crippen LogP contribution in [0.1, 0.15) is 0 Å². The highest BCUT2D eigenvalue weighted by Crippen LogP contribution is 2.27. The Morgan fingerprint density at radius 3 is 2.65 bits per heavy atom. The van der Waals surface area contributed by atoms with Gasteiger partial charge < -0.3 is 14.9 Å². The number of aliphatic hydroxyl groups excluding tert-OH is 1. The molecule has 5 nitrogen and oxygen atoms in total. The van der Waals surface area contributed by atoms with E-state index in [9.17, 15) is 18.0 Å². The molecule has 0 aromatic rings. The van der Waals surface area contributed by atoms with Crippen molar-refractivity contribution < 1.29 is 32.9 Å². The van der Waals surface area contributed by atoms with Crippen LogP contribution in [0, 0.1) is 5.92 Å². The summed E-state index contributed by atoms with van der Waals surface area (Å²) >= 11 is 0. The summed E-state index contributed by atoms with van der Waals surface area (Å²) in [5.41, 5.74) is 0. The molecule has 8 heteroatoms. The van der Waals surface area contributed by atoms with Gasteiger partial charge in [-0.1, -0.05) is 0 Å². The monoisotopic (exact) mass is 257 g/mol. The van der Waals surface area contributed by atoms with Crippen molar-refractivity contribution in [1.29, 1.82) is 0 Å². The van der Waals surface area contributed by atoms with E-state index in [1.165, 1.54) is 4.90 Å². The third-order valence-corrected chi connectivity index (χ3v) is 2.56. The average molecular weight is 257 g/mol. The van der Waals surface area contributed by atoms with Crippen molar-refractivity contribution in [1.82, 2.24) is 4.90 Å². The van der Waals surface area contributed by atoms with Crippen molar-refractivity contribution in [3.8, 4) is 0 Å². The molecular formula is C9H14F3NO4. The van der Waals surface area contributed by atoms with Gasteiger partial charge in [0.2, 0.25) is 0 Å². The molecule has 0 amide bonds. The van der Waals surface area contributed by atoms with Crippen molar-refractivity contribution in [2.24, 2.45) is 5.92 Å². The van der Waals surface area contributed by atoms with Gasteiger partial charge in [0.05, 0.1) is 19.3 Å². The van der Waals surface area contributed by atoms with Crippen LogP contribution in [0.2, 0.25) is 0 Å². The van der Waals surface area contributed by atoms with E-state index < -0.39 is 30.7 Å². The van der Waals surface area contributed by atoms with Crippen LogP contribution in [0.15, 0.2) is 0 Å². The van der Waals surface area contributed by atoms with Gasteiger partial charge in [-0.3, -0.25) is 9.69 Å². The molecule has 0 aromatic heterocycles. The molecule has 0 aromatic carbocycles. The SMILES string of the molecule is O=C(O)C(CN1CCOC(CO)C1)C(F)(F)F. The highest BCUT2D eigenvalue weighted by molar-refractivity contribution is 5.71. The van der Waals surface area contributed by atoms with Crippen molar-refractivity contribution in [3.05, 3.63) is 0 Å². The number of hydrogen-bond acceptors (Lipinski definition) is 4. The number of nitrogens with zero attached hydrogens (tertiary/aromatic N) is 1. The summed E-state index contributed by atoms with van der Waals surface area (Å²) in [4.78, 5) is 11.9. The molecule has 0 aliphatic carbocycles. The largest absolute Gasteiger partial charge is 0.481 e. The fourth-order valence-corrected chi connectivity index (χ4v) is 1.64. The lowest BCUT2D eigenvalue weighted by Gasteiger charge is -2.33. The molecular weight excluding hydrogens is 243 g/mol. The van der Waals surface area contributed by atoms with E-state index in [0.717, 1.165) is 0 Å². The summed E-state index contributed by atoms with van der Waals surface area (Å²) < 4.78 is 42.3. The van der Waals surface area contributed by atoms with E-state index in [-0.39, 0.29) is 26.3 Å². The highest BCUT2D eigenvalue weighted by Gasteiger charge is 2.46. The van der Waals surface area contributed by atoms with E-state index in [1.54, 1.807) is 0 Å². The predicted octanol–water partition coefficient (Wildman–Crippen LogP) is -0.0574. The number of aliphatic carboxylic acids is 1. The molecule has 1 fully saturated rings. The van der Waals surface area contributed by atoms with Gasteiger partial charge in [-0.25, -0.2) is 0 Å². The summed E-state index contributed by atoms with van der Waals surface area (Å²) in [6, 6.07) is 0. The molecule has 0 saturated carbocycles. The molecule has 0 radical (unpaired) electrons. The van der Waals surface area contributed by atoms with Gasteiger partial charge in [-0.15, -0.1) is 0 Å². The Balaban J connectivity index is 2.58. The van der Waals surface area contributed by atoms with E-state index >= 15 is 0 Å². The van der Waals surface area contributed by atoms with Crippen LogP contribution in [0.3, 0.4) is 0 Å². The van der Waals surface area contributed by atoms with Crippen LogP contribution in [0.25, 0.3) is 0 Å². The van der Waals surface area contributed by atoms with Crippen molar-refractivity contribution in [3.63, 3.8) is 0 Å². The summed E-state index contributed by atoms with van der Waals surface area (Å²) in [5, 5.41) is 17.4. The van der Waals surface area contributed by atoms with Crippen LogP contribution in [0.4, 0.5) is 13.2 Å². The molecule has 0 spiro atoms. The van der Waals surface area contributed by atoms with E-state index in [1.807, 2.05) is 0 Å². The smallest absolute Gasteiger partial charge is 0.403 e. The number of alkyl halides is 3. The number of rotatable bonds is 4. The Kier molecular flexibility index (Phi) is 4.72. The number of morpholine rings is 1. The Hall–Kier alpha value is -0.860. The van der Waals surface area contributed by atoms with Gasteiger partial charge in [0.25, 0.3) is 0 Å². The zero-order valence-corrected chi connectivity index (χ0v) is 8.98. The quantitative estimate of drug-likeness (QED) is 0.738. The second-order valence-electron chi connectivity index (χ2n) is 3.87. The average Bonchev–Trinajstić information content (AvgIpc) is 2.24. The molecule has 0 bridgehead atoms. The Morgan fingerprint density at radius 2 is 2.18 bits per heavy atom. The fourth-order valence-electron chi connectivity index (χ4n) is 1.64. The van der Waals surface area contributed by atoms with E-state index in [2.05, 4.69) is 0 Å². The summed E-state index contributed by atoms with van der Waals surface area (Å²) in [7, 11) is 0. The number of ether oxygens (including phenoxy) is 1. The van der Waals surface area contributed by atoms with Gasteiger partial charge in [0.1, 0.15) is 0 Å². The van der Waals surface area contributed by atoms with Crippen LogP contribution < -0.4 is 0 Å². The first-order chi connectivity index (χ1) is 7.84. The third kappa shape index (κ3) is 4.14. The molecule has 17 heavy (non-hydrogen) atoms. The lowest BCUT2D eigenvalue weighted by molar-refractivity contribution is -0.199. The minimum atomic E-state index is -4.77. The molecule has 2 atom stereocenters. The minimum Gasteiger partial charge on any atom is -0.481 e. The zero-order valence-electron chi connectivity index (χ0n) is 8.98. The topological polar surface area (TPSA) is 70.0 Å². The van der Waals surface area contributed by atoms with Gasteiger partial charge in [-0.05, 0) is 0 Å². The molecule has 1 heterocycles. The molecule has 1 aliphatic rings. The van der Waals surface area contributed by atoms with E-state index in [4.69, 9.17) is 14.9 Å². The van der Waals surface area contributed by atoms with Crippen LogP contribution in [-0.4, -0.2) is 66.2 Å². The van der Waals surface area contributed by atoms with Crippen molar-refractivity contribution in [2.75, 3.05) is 32.8 Å². The molecule has 1 rings (SSSR count). The molecule has 1 aliphatic heterocycles.